The van der Waals surface area contributed by atoms with E-state index in [4.69, 9.17) is 14.2 Å². The van der Waals surface area contributed by atoms with Gasteiger partial charge in [-0.05, 0) is 24.6 Å². The highest BCUT2D eigenvalue weighted by atomic mass is 16.7. The average Bonchev–Trinajstić information content (AvgIpc) is 3.13. The molecule has 0 bridgehead atoms. The topological polar surface area (TPSA) is 48.1 Å². The van der Waals surface area contributed by atoms with Gasteiger partial charge in [-0.3, -0.25) is 0 Å². The normalized spacial score (nSPS) is 18.1. The lowest BCUT2D eigenvalue weighted by atomic mass is 10.2. The molecule has 1 atom stereocenters. The van der Waals surface area contributed by atoms with E-state index in [9.17, 15) is 4.79 Å². The summed E-state index contributed by atoms with van der Waals surface area (Å²) < 4.78 is 14.7. The highest BCUT2D eigenvalue weighted by molar-refractivity contribution is 5.64. The van der Waals surface area contributed by atoms with Crippen LogP contribution in [0.1, 0.15) is 12.5 Å². The summed E-state index contributed by atoms with van der Waals surface area (Å²) in [5, 5.41) is 0. The Labute approximate surface area is 99.8 Å². The monoisotopic (exact) mass is 234 g/mol. The fourth-order valence-corrected chi connectivity index (χ4v) is 1.29. The van der Waals surface area contributed by atoms with E-state index in [1.807, 2.05) is 31.2 Å². The summed E-state index contributed by atoms with van der Waals surface area (Å²) in [7, 11) is 0. The van der Waals surface area contributed by atoms with Gasteiger partial charge in [0.15, 0.2) is 0 Å². The number of carbonyl (C=O) groups is 1. The highest BCUT2D eigenvalue weighted by Crippen LogP contribution is 2.14. The van der Waals surface area contributed by atoms with Crippen LogP contribution in [0.4, 0.5) is 4.79 Å². The second-order valence-corrected chi connectivity index (χ2v) is 3.69. The van der Waals surface area contributed by atoms with Crippen molar-refractivity contribution in [2.75, 3.05) is 13.2 Å². The Balaban J connectivity index is 1.82. The van der Waals surface area contributed by atoms with E-state index in [1.165, 1.54) is 0 Å². The van der Waals surface area contributed by atoms with E-state index >= 15 is 0 Å². The molecule has 17 heavy (non-hydrogen) atoms. The van der Waals surface area contributed by atoms with Gasteiger partial charge in [-0.1, -0.05) is 24.3 Å². The lowest BCUT2D eigenvalue weighted by Crippen LogP contribution is -2.14. The Morgan fingerprint density at radius 2 is 2.18 bits per heavy atom. The Kier molecular flexibility index (Phi) is 3.77. The third kappa shape index (κ3) is 3.92. The maximum Gasteiger partial charge on any atom is 0.513 e. The quantitative estimate of drug-likeness (QED) is 0.456. The average molecular weight is 234 g/mol. The molecule has 1 unspecified atom stereocenters. The molecular formula is C13H14O4. The van der Waals surface area contributed by atoms with Gasteiger partial charge in [-0.15, -0.1) is 0 Å². The summed E-state index contributed by atoms with van der Waals surface area (Å²) in [6.07, 6.45) is 3.27. The summed E-state index contributed by atoms with van der Waals surface area (Å²) in [6, 6.07) is 7.19. The maximum atomic E-state index is 11.2. The van der Waals surface area contributed by atoms with Crippen LogP contribution < -0.4 is 4.74 Å². The molecule has 0 N–H and O–H groups in total. The van der Waals surface area contributed by atoms with Crippen molar-refractivity contribution in [2.45, 2.75) is 13.0 Å². The van der Waals surface area contributed by atoms with Crippen molar-refractivity contribution in [3.63, 3.8) is 0 Å². The van der Waals surface area contributed by atoms with Crippen molar-refractivity contribution in [3.05, 3.63) is 35.9 Å². The maximum absolute atomic E-state index is 11.2. The van der Waals surface area contributed by atoms with Gasteiger partial charge in [0, 0.05) is 0 Å². The molecule has 4 nitrogen and oxygen atoms in total. The summed E-state index contributed by atoms with van der Waals surface area (Å²) in [5.41, 5.74) is 1.06. The van der Waals surface area contributed by atoms with Gasteiger partial charge in [0.2, 0.25) is 0 Å². The van der Waals surface area contributed by atoms with E-state index < -0.39 is 6.16 Å². The number of allylic oxidation sites excluding steroid dienone is 1. The van der Waals surface area contributed by atoms with Crippen molar-refractivity contribution in [1.29, 1.82) is 0 Å². The number of ether oxygens (including phenoxy) is 3. The summed E-state index contributed by atoms with van der Waals surface area (Å²) >= 11 is 0. The van der Waals surface area contributed by atoms with Gasteiger partial charge in [0.25, 0.3) is 0 Å². The van der Waals surface area contributed by atoms with Gasteiger partial charge in [0.1, 0.15) is 18.5 Å². The van der Waals surface area contributed by atoms with E-state index in [-0.39, 0.29) is 12.7 Å². The SMILES string of the molecule is CC=Cc1ccc(OC(=O)OCC2CO2)cc1. The van der Waals surface area contributed by atoms with Gasteiger partial charge >= 0.3 is 6.16 Å². The van der Waals surface area contributed by atoms with Crippen LogP contribution in [0.5, 0.6) is 5.75 Å². The minimum atomic E-state index is -0.695. The van der Waals surface area contributed by atoms with Crippen molar-refractivity contribution >= 4 is 12.2 Å². The summed E-state index contributed by atoms with van der Waals surface area (Å²) in [5.74, 6) is 0.472. The molecule has 1 fully saturated rings. The molecule has 1 heterocycles. The summed E-state index contributed by atoms with van der Waals surface area (Å²) in [4.78, 5) is 11.2. The van der Waals surface area contributed by atoms with Crippen molar-refractivity contribution in [1.82, 2.24) is 0 Å². The van der Waals surface area contributed by atoms with E-state index in [0.717, 1.165) is 5.56 Å². The Morgan fingerprint density at radius 1 is 1.47 bits per heavy atom. The molecule has 0 spiro atoms. The molecule has 2 rings (SSSR count). The molecule has 0 amide bonds. The van der Waals surface area contributed by atoms with Crippen LogP contribution in [0.25, 0.3) is 6.08 Å². The van der Waals surface area contributed by atoms with Gasteiger partial charge in [0.05, 0.1) is 6.61 Å². The van der Waals surface area contributed by atoms with Crippen LogP contribution in [-0.4, -0.2) is 25.5 Å². The first-order valence-corrected chi connectivity index (χ1v) is 5.47. The molecule has 0 radical (unpaired) electrons. The fourth-order valence-electron chi connectivity index (χ4n) is 1.29. The first-order chi connectivity index (χ1) is 8.28. The minimum Gasteiger partial charge on any atom is -0.431 e. The second-order valence-electron chi connectivity index (χ2n) is 3.69. The van der Waals surface area contributed by atoms with E-state index in [0.29, 0.717) is 12.4 Å². The summed E-state index contributed by atoms with van der Waals surface area (Å²) in [6.45, 7) is 2.86. The largest absolute Gasteiger partial charge is 0.513 e. The molecule has 0 aliphatic carbocycles. The molecule has 1 aromatic rings. The zero-order valence-electron chi connectivity index (χ0n) is 9.59. The van der Waals surface area contributed by atoms with Crippen LogP contribution in [0.2, 0.25) is 0 Å². The standard InChI is InChI=1S/C13H14O4/c1-2-3-10-4-6-11(7-5-10)17-13(14)16-9-12-8-15-12/h2-7,12H,8-9H2,1H3. The highest BCUT2D eigenvalue weighted by Gasteiger charge is 2.24. The molecular weight excluding hydrogens is 220 g/mol. The zero-order valence-corrected chi connectivity index (χ0v) is 9.59. The van der Waals surface area contributed by atoms with Crippen LogP contribution in [-0.2, 0) is 9.47 Å². The predicted octanol–water partition coefficient (Wildman–Crippen LogP) is 2.63. The number of rotatable bonds is 4. The smallest absolute Gasteiger partial charge is 0.431 e. The lowest BCUT2D eigenvalue weighted by molar-refractivity contribution is 0.0919. The van der Waals surface area contributed by atoms with E-state index in [2.05, 4.69) is 0 Å². The third-order valence-corrected chi connectivity index (χ3v) is 2.23. The van der Waals surface area contributed by atoms with Crippen LogP contribution >= 0.6 is 0 Å². The zero-order chi connectivity index (χ0) is 12.1. The number of hydrogen-bond donors (Lipinski definition) is 0. The number of hydrogen-bond acceptors (Lipinski definition) is 4. The Morgan fingerprint density at radius 3 is 2.76 bits per heavy atom. The molecule has 0 aromatic heterocycles. The van der Waals surface area contributed by atoms with E-state index in [1.54, 1.807) is 12.1 Å². The minimum absolute atomic E-state index is 0.0552. The number of epoxide rings is 1. The van der Waals surface area contributed by atoms with Crippen molar-refractivity contribution in [2.24, 2.45) is 0 Å². The molecule has 1 aliphatic rings. The van der Waals surface area contributed by atoms with Crippen LogP contribution in [0.3, 0.4) is 0 Å². The Hall–Kier alpha value is -1.81. The van der Waals surface area contributed by atoms with Crippen molar-refractivity contribution in [3.8, 4) is 5.75 Å². The molecule has 1 saturated heterocycles. The second kappa shape index (κ2) is 5.50. The molecule has 90 valence electrons. The first kappa shape index (κ1) is 11.7. The fraction of sp³-hybridized carbons (Fsp3) is 0.308. The number of benzene rings is 1. The lowest BCUT2D eigenvalue weighted by Gasteiger charge is -2.04. The Bertz CT molecular complexity index is 404. The van der Waals surface area contributed by atoms with Gasteiger partial charge in [-0.25, -0.2) is 4.79 Å². The predicted molar refractivity (Wildman–Crippen MR) is 62.9 cm³/mol. The van der Waals surface area contributed by atoms with Crippen LogP contribution in [0.15, 0.2) is 30.3 Å². The molecule has 1 aliphatic heterocycles. The number of carbonyl (C=O) groups excluding carboxylic acids is 1. The van der Waals surface area contributed by atoms with Gasteiger partial charge < -0.3 is 14.2 Å². The molecule has 4 heteroatoms. The third-order valence-electron chi connectivity index (χ3n) is 2.23. The first-order valence-electron chi connectivity index (χ1n) is 5.47. The molecule has 1 aromatic carbocycles. The molecule has 0 saturated carbocycles. The van der Waals surface area contributed by atoms with Crippen molar-refractivity contribution < 1.29 is 19.0 Å². The van der Waals surface area contributed by atoms with Gasteiger partial charge in [-0.2, -0.15) is 0 Å². The van der Waals surface area contributed by atoms with Crippen LogP contribution in [0, 0.1) is 0 Å².